The van der Waals surface area contributed by atoms with Crippen LogP contribution in [0.15, 0.2) is 5.16 Å². The highest BCUT2D eigenvalue weighted by Gasteiger charge is 2.08. The number of rotatable bonds is 8. The Hall–Kier alpha value is -0.590. The van der Waals surface area contributed by atoms with E-state index in [1.165, 1.54) is 0 Å². The molecule has 19 heavy (non-hydrogen) atoms. The zero-order valence-electron chi connectivity index (χ0n) is 11.9. The Kier molecular flexibility index (Phi) is 7.41. The summed E-state index contributed by atoms with van der Waals surface area (Å²) in [6, 6.07) is 0.292. The molecular weight excluding hydrogens is 284 g/mol. The summed E-state index contributed by atoms with van der Waals surface area (Å²) < 4.78 is 5.44. The van der Waals surface area contributed by atoms with Gasteiger partial charge < -0.3 is 9.64 Å². The van der Waals surface area contributed by atoms with Gasteiger partial charge in [-0.3, -0.25) is 0 Å². The maximum atomic E-state index is 5.86. The lowest BCUT2D eigenvalue weighted by Crippen LogP contribution is -2.25. The van der Waals surface area contributed by atoms with Crippen molar-refractivity contribution in [3.05, 3.63) is 5.28 Å². The number of nitrogens with zero attached hydrogens (tertiary/aromatic N) is 4. The Balaban J connectivity index is 2.55. The summed E-state index contributed by atoms with van der Waals surface area (Å²) in [5.41, 5.74) is 0. The SMILES string of the molecule is CCN(CC)CCSc1nc(Cl)nc(OC(C)C)n1. The van der Waals surface area contributed by atoms with Crippen molar-refractivity contribution >= 4 is 23.4 Å². The molecule has 1 aromatic heterocycles. The molecule has 0 atom stereocenters. The van der Waals surface area contributed by atoms with E-state index in [4.69, 9.17) is 16.3 Å². The summed E-state index contributed by atoms with van der Waals surface area (Å²) in [6.45, 7) is 11.3. The molecule has 5 nitrogen and oxygen atoms in total. The monoisotopic (exact) mass is 304 g/mol. The van der Waals surface area contributed by atoms with Gasteiger partial charge in [0.2, 0.25) is 5.28 Å². The van der Waals surface area contributed by atoms with Crippen LogP contribution in [0.25, 0.3) is 0 Å². The fourth-order valence-electron chi connectivity index (χ4n) is 1.45. The van der Waals surface area contributed by atoms with Gasteiger partial charge in [-0.05, 0) is 38.5 Å². The van der Waals surface area contributed by atoms with Crippen molar-refractivity contribution < 1.29 is 4.74 Å². The maximum Gasteiger partial charge on any atom is 0.321 e. The zero-order chi connectivity index (χ0) is 14.3. The first-order chi connectivity index (χ1) is 9.05. The highest BCUT2D eigenvalue weighted by Crippen LogP contribution is 2.18. The van der Waals surface area contributed by atoms with E-state index in [-0.39, 0.29) is 11.4 Å². The highest BCUT2D eigenvalue weighted by atomic mass is 35.5. The third-order valence-electron chi connectivity index (χ3n) is 2.44. The molecule has 0 amide bonds. The molecule has 0 bridgehead atoms. The smallest absolute Gasteiger partial charge is 0.321 e. The lowest BCUT2D eigenvalue weighted by Gasteiger charge is -2.16. The Morgan fingerprint density at radius 3 is 2.47 bits per heavy atom. The van der Waals surface area contributed by atoms with Gasteiger partial charge in [0.25, 0.3) is 0 Å². The van der Waals surface area contributed by atoms with E-state index in [2.05, 4.69) is 33.7 Å². The molecule has 0 aliphatic carbocycles. The first-order valence-electron chi connectivity index (χ1n) is 6.48. The minimum atomic E-state index is 0.0204. The van der Waals surface area contributed by atoms with Gasteiger partial charge in [-0.2, -0.15) is 15.0 Å². The molecule has 0 fully saturated rings. The predicted molar refractivity (Wildman–Crippen MR) is 79.1 cm³/mol. The Morgan fingerprint density at radius 1 is 1.21 bits per heavy atom. The van der Waals surface area contributed by atoms with Crippen LogP contribution in [0.3, 0.4) is 0 Å². The number of thioether (sulfide) groups is 1. The van der Waals surface area contributed by atoms with Gasteiger partial charge in [-0.1, -0.05) is 25.6 Å². The van der Waals surface area contributed by atoms with Crippen LogP contribution in [-0.2, 0) is 0 Å². The second-order valence-corrected chi connectivity index (χ2v) is 5.61. The topological polar surface area (TPSA) is 51.1 Å². The summed E-state index contributed by atoms with van der Waals surface area (Å²) in [4.78, 5) is 14.6. The molecule has 0 N–H and O–H groups in total. The van der Waals surface area contributed by atoms with Crippen molar-refractivity contribution in [3.8, 4) is 6.01 Å². The molecule has 0 aromatic carbocycles. The van der Waals surface area contributed by atoms with Crippen molar-refractivity contribution in [2.45, 2.75) is 39.0 Å². The standard InChI is InChI=1S/C12H21ClN4OS/c1-5-17(6-2)7-8-19-12-15-10(13)14-11(16-12)18-9(3)4/h9H,5-8H2,1-4H3. The first kappa shape index (κ1) is 16.5. The molecule has 1 rings (SSSR count). The number of hydrogen-bond acceptors (Lipinski definition) is 6. The largest absolute Gasteiger partial charge is 0.461 e. The van der Waals surface area contributed by atoms with Crippen molar-refractivity contribution in [1.29, 1.82) is 0 Å². The number of halogens is 1. The maximum absolute atomic E-state index is 5.86. The molecule has 1 heterocycles. The van der Waals surface area contributed by atoms with Crippen molar-refractivity contribution in [2.75, 3.05) is 25.4 Å². The van der Waals surface area contributed by atoms with Gasteiger partial charge in [0.1, 0.15) is 0 Å². The molecule has 0 unspecified atom stereocenters. The van der Waals surface area contributed by atoms with E-state index >= 15 is 0 Å². The highest BCUT2D eigenvalue weighted by molar-refractivity contribution is 7.99. The van der Waals surface area contributed by atoms with Gasteiger partial charge >= 0.3 is 6.01 Å². The third kappa shape index (κ3) is 6.40. The summed E-state index contributed by atoms with van der Waals surface area (Å²) in [5.74, 6) is 0.920. The van der Waals surface area contributed by atoms with Gasteiger partial charge in [-0.25, -0.2) is 0 Å². The number of aromatic nitrogens is 3. The van der Waals surface area contributed by atoms with Crippen LogP contribution in [0.5, 0.6) is 6.01 Å². The minimum Gasteiger partial charge on any atom is -0.461 e. The summed E-state index contributed by atoms with van der Waals surface area (Å²) in [6.07, 6.45) is 0.0204. The minimum absolute atomic E-state index is 0.0204. The van der Waals surface area contributed by atoms with Crippen LogP contribution in [-0.4, -0.2) is 51.3 Å². The normalized spacial score (nSPS) is 11.3. The van der Waals surface area contributed by atoms with E-state index in [0.717, 1.165) is 25.4 Å². The van der Waals surface area contributed by atoms with Crippen LogP contribution in [0.1, 0.15) is 27.7 Å². The molecule has 0 saturated carbocycles. The summed E-state index contributed by atoms with van der Waals surface area (Å²) >= 11 is 7.43. The predicted octanol–water partition coefficient (Wildman–Crippen LogP) is 2.75. The fraction of sp³-hybridized carbons (Fsp3) is 0.750. The van der Waals surface area contributed by atoms with E-state index in [1.54, 1.807) is 11.8 Å². The average molecular weight is 305 g/mol. The quantitative estimate of drug-likeness (QED) is 0.688. The van der Waals surface area contributed by atoms with Crippen LogP contribution in [0.4, 0.5) is 0 Å². The Bertz CT molecular complexity index is 388. The lowest BCUT2D eigenvalue weighted by molar-refractivity contribution is 0.219. The van der Waals surface area contributed by atoms with E-state index in [9.17, 15) is 0 Å². The van der Waals surface area contributed by atoms with Crippen molar-refractivity contribution in [1.82, 2.24) is 19.9 Å². The number of hydrogen-bond donors (Lipinski definition) is 0. The first-order valence-corrected chi connectivity index (χ1v) is 7.84. The fourth-order valence-corrected chi connectivity index (χ4v) is 2.48. The van der Waals surface area contributed by atoms with Crippen LogP contribution in [0.2, 0.25) is 5.28 Å². The van der Waals surface area contributed by atoms with Gasteiger partial charge in [0.05, 0.1) is 6.10 Å². The lowest BCUT2D eigenvalue weighted by atomic mass is 10.5. The van der Waals surface area contributed by atoms with Gasteiger partial charge in [-0.15, -0.1) is 0 Å². The second-order valence-electron chi connectivity index (χ2n) is 4.21. The summed E-state index contributed by atoms with van der Waals surface area (Å²) in [7, 11) is 0. The molecule has 0 spiro atoms. The van der Waals surface area contributed by atoms with E-state index in [0.29, 0.717) is 11.2 Å². The molecule has 1 aromatic rings. The van der Waals surface area contributed by atoms with E-state index in [1.807, 2.05) is 13.8 Å². The Morgan fingerprint density at radius 2 is 1.89 bits per heavy atom. The van der Waals surface area contributed by atoms with E-state index < -0.39 is 0 Å². The second kappa shape index (κ2) is 8.55. The molecule has 0 saturated heterocycles. The molecular formula is C12H21ClN4OS. The molecule has 0 aliphatic heterocycles. The van der Waals surface area contributed by atoms with Crippen LogP contribution < -0.4 is 4.74 Å². The summed E-state index contributed by atoms with van der Waals surface area (Å²) in [5, 5.41) is 0.791. The third-order valence-corrected chi connectivity index (χ3v) is 3.44. The van der Waals surface area contributed by atoms with Gasteiger partial charge in [0, 0.05) is 12.3 Å². The van der Waals surface area contributed by atoms with Crippen molar-refractivity contribution in [3.63, 3.8) is 0 Å². The van der Waals surface area contributed by atoms with Crippen molar-refractivity contribution in [2.24, 2.45) is 0 Å². The number of ether oxygens (including phenoxy) is 1. The Labute approximate surface area is 124 Å². The molecule has 7 heteroatoms. The molecule has 0 aliphatic rings. The zero-order valence-corrected chi connectivity index (χ0v) is 13.5. The molecule has 0 radical (unpaired) electrons. The average Bonchev–Trinajstić information content (AvgIpc) is 2.33. The van der Waals surface area contributed by atoms with Crippen LogP contribution in [0, 0.1) is 0 Å². The van der Waals surface area contributed by atoms with Gasteiger partial charge in [0.15, 0.2) is 5.16 Å². The molecule has 108 valence electrons. The van der Waals surface area contributed by atoms with Crippen LogP contribution >= 0.6 is 23.4 Å².